The Morgan fingerprint density at radius 1 is 1.56 bits per heavy atom. The second-order valence-electron chi connectivity index (χ2n) is 4.05. The van der Waals surface area contributed by atoms with Crippen molar-refractivity contribution in [1.82, 2.24) is 4.98 Å². The zero-order chi connectivity index (χ0) is 12.3. The molecule has 0 aliphatic heterocycles. The summed E-state index contributed by atoms with van der Waals surface area (Å²) in [7, 11) is 0. The minimum Gasteiger partial charge on any atom is -0.322 e. The van der Waals surface area contributed by atoms with Crippen molar-refractivity contribution in [3.05, 3.63) is 23.0 Å². The Kier molecular flexibility index (Phi) is 4.26. The Morgan fingerprint density at radius 2 is 2.19 bits per heavy atom. The molecular formula is C11H16ClN3O. The molecule has 0 radical (unpaired) electrons. The topological polar surface area (TPSA) is 68.0 Å². The van der Waals surface area contributed by atoms with Crippen LogP contribution in [-0.4, -0.2) is 16.9 Å². The van der Waals surface area contributed by atoms with Crippen LogP contribution in [-0.2, 0) is 4.79 Å². The number of amides is 1. The maximum atomic E-state index is 11.7. The minimum absolute atomic E-state index is 0.0794. The number of rotatable bonds is 3. The van der Waals surface area contributed by atoms with Crippen LogP contribution in [0.5, 0.6) is 0 Å². The van der Waals surface area contributed by atoms with E-state index < -0.39 is 6.04 Å². The molecular weight excluding hydrogens is 226 g/mol. The van der Waals surface area contributed by atoms with Gasteiger partial charge in [0, 0.05) is 6.20 Å². The lowest BCUT2D eigenvalue weighted by molar-refractivity contribution is -0.118. The molecule has 0 aromatic carbocycles. The molecule has 1 rings (SSSR count). The lowest BCUT2D eigenvalue weighted by Gasteiger charge is -2.16. The van der Waals surface area contributed by atoms with Gasteiger partial charge in [-0.3, -0.25) is 4.79 Å². The number of nitrogens with two attached hydrogens (primary N) is 1. The molecule has 5 heteroatoms. The largest absolute Gasteiger partial charge is 0.322 e. The molecule has 0 saturated heterocycles. The molecule has 88 valence electrons. The van der Waals surface area contributed by atoms with Crippen molar-refractivity contribution in [2.24, 2.45) is 11.7 Å². The van der Waals surface area contributed by atoms with Crippen LogP contribution < -0.4 is 11.1 Å². The summed E-state index contributed by atoms with van der Waals surface area (Å²) >= 11 is 5.89. The molecule has 1 atom stereocenters. The SMILES string of the molecule is Cc1ccnc(Cl)c1NC(=O)[C@H](N)C(C)C. The van der Waals surface area contributed by atoms with Crippen molar-refractivity contribution < 1.29 is 4.79 Å². The lowest BCUT2D eigenvalue weighted by atomic mass is 10.0. The Bertz CT molecular complexity index is 373. The monoisotopic (exact) mass is 241 g/mol. The van der Waals surface area contributed by atoms with Crippen LogP contribution in [0.3, 0.4) is 0 Å². The van der Waals surface area contributed by atoms with E-state index in [1.807, 2.05) is 20.8 Å². The van der Waals surface area contributed by atoms with Crippen LogP contribution in [0.1, 0.15) is 19.4 Å². The fourth-order valence-electron chi connectivity index (χ4n) is 1.18. The average Bonchev–Trinajstić information content (AvgIpc) is 2.22. The van der Waals surface area contributed by atoms with Gasteiger partial charge in [-0.15, -0.1) is 0 Å². The van der Waals surface area contributed by atoms with Gasteiger partial charge in [-0.1, -0.05) is 25.4 Å². The van der Waals surface area contributed by atoms with Gasteiger partial charge in [0.2, 0.25) is 5.91 Å². The highest BCUT2D eigenvalue weighted by atomic mass is 35.5. The smallest absolute Gasteiger partial charge is 0.241 e. The molecule has 1 aromatic rings. The van der Waals surface area contributed by atoms with E-state index in [9.17, 15) is 4.79 Å². The summed E-state index contributed by atoms with van der Waals surface area (Å²) < 4.78 is 0. The van der Waals surface area contributed by atoms with Crippen molar-refractivity contribution in [3.8, 4) is 0 Å². The summed E-state index contributed by atoms with van der Waals surface area (Å²) in [6.45, 7) is 5.63. The van der Waals surface area contributed by atoms with Crippen molar-refractivity contribution in [2.75, 3.05) is 5.32 Å². The first kappa shape index (κ1) is 12.9. The Balaban J connectivity index is 2.85. The fraction of sp³-hybridized carbons (Fsp3) is 0.455. The molecule has 0 aliphatic carbocycles. The van der Waals surface area contributed by atoms with Crippen molar-refractivity contribution in [2.45, 2.75) is 26.8 Å². The third kappa shape index (κ3) is 2.93. The maximum absolute atomic E-state index is 11.7. The van der Waals surface area contributed by atoms with Crippen LogP contribution in [0, 0.1) is 12.8 Å². The summed E-state index contributed by atoms with van der Waals surface area (Å²) in [6.07, 6.45) is 1.59. The van der Waals surface area contributed by atoms with E-state index >= 15 is 0 Å². The summed E-state index contributed by atoms with van der Waals surface area (Å²) in [5.41, 5.74) is 7.13. The van der Waals surface area contributed by atoms with Crippen molar-refractivity contribution in [3.63, 3.8) is 0 Å². The van der Waals surface area contributed by atoms with Crippen LogP contribution in [0.15, 0.2) is 12.3 Å². The van der Waals surface area contributed by atoms with Gasteiger partial charge in [-0.25, -0.2) is 4.98 Å². The van der Waals surface area contributed by atoms with Crippen molar-refractivity contribution in [1.29, 1.82) is 0 Å². The Hall–Kier alpha value is -1.13. The van der Waals surface area contributed by atoms with E-state index in [1.54, 1.807) is 12.3 Å². The zero-order valence-electron chi connectivity index (χ0n) is 9.62. The Labute approximate surface area is 100 Å². The van der Waals surface area contributed by atoms with E-state index in [2.05, 4.69) is 10.3 Å². The van der Waals surface area contributed by atoms with Gasteiger partial charge in [0.1, 0.15) is 0 Å². The third-order valence-electron chi connectivity index (χ3n) is 2.38. The Morgan fingerprint density at radius 3 is 2.69 bits per heavy atom. The standard InChI is InChI=1S/C11H16ClN3O/c1-6(2)8(13)11(16)15-9-7(3)4-5-14-10(9)12/h4-6,8H,13H2,1-3H3,(H,15,16)/t8-/m1/s1. The first-order valence-corrected chi connectivity index (χ1v) is 5.48. The number of hydrogen-bond acceptors (Lipinski definition) is 3. The molecule has 0 aliphatic rings. The van der Waals surface area contributed by atoms with E-state index in [1.165, 1.54) is 0 Å². The highest BCUT2D eigenvalue weighted by molar-refractivity contribution is 6.32. The predicted molar refractivity (Wildman–Crippen MR) is 65.4 cm³/mol. The quantitative estimate of drug-likeness (QED) is 0.795. The molecule has 1 heterocycles. The molecule has 0 bridgehead atoms. The van der Waals surface area contributed by atoms with Crippen LogP contribution >= 0.6 is 11.6 Å². The van der Waals surface area contributed by atoms with Gasteiger partial charge in [-0.2, -0.15) is 0 Å². The summed E-state index contributed by atoms with van der Waals surface area (Å²) in [5, 5.41) is 2.98. The summed E-state index contributed by atoms with van der Waals surface area (Å²) in [4.78, 5) is 15.6. The highest BCUT2D eigenvalue weighted by Crippen LogP contribution is 2.22. The normalized spacial score (nSPS) is 12.6. The third-order valence-corrected chi connectivity index (χ3v) is 2.67. The number of anilines is 1. The number of aromatic nitrogens is 1. The predicted octanol–water partition coefficient (Wildman–Crippen LogP) is 1.97. The van der Waals surface area contributed by atoms with Crippen LogP contribution in [0.4, 0.5) is 5.69 Å². The molecule has 0 unspecified atom stereocenters. The van der Waals surface area contributed by atoms with Gasteiger partial charge in [0.05, 0.1) is 11.7 Å². The molecule has 4 nitrogen and oxygen atoms in total. The molecule has 3 N–H and O–H groups in total. The number of aryl methyl sites for hydroxylation is 1. The lowest BCUT2D eigenvalue weighted by Crippen LogP contribution is -2.40. The number of pyridine rings is 1. The molecule has 1 amide bonds. The summed E-state index contributed by atoms with van der Waals surface area (Å²) in [6, 6.07) is 1.23. The van der Waals surface area contributed by atoms with Crippen LogP contribution in [0.25, 0.3) is 0 Å². The summed E-state index contributed by atoms with van der Waals surface area (Å²) in [5.74, 6) is -0.163. The van der Waals surface area contributed by atoms with Gasteiger partial charge in [-0.05, 0) is 24.5 Å². The van der Waals surface area contributed by atoms with E-state index in [0.717, 1.165) is 5.56 Å². The molecule has 0 saturated carbocycles. The fourth-order valence-corrected chi connectivity index (χ4v) is 1.44. The van der Waals surface area contributed by atoms with Gasteiger partial charge in [0.15, 0.2) is 5.15 Å². The van der Waals surface area contributed by atoms with Gasteiger partial charge >= 0.3 is 0 Å². The average molecular weight is 242 g/mol. The number of hydrogen-bond donors (Lipinski definition) is 2. The van der Waals surface area contributed by atoms with Gasteiger partial charge in [0.25, 0.3) is 0 Å². The second kappa shape index (κ2) is 5.27. The second-order valence-corrected chi connectivity index (χ2v) is 4.41. The van der Waals surface area contributed by atoms with E-state index in [0.29, 0.717) is 5.69 Å². The number of carbonyl (C=O) groups is 1. The first-order chi connectivity index (χ1) is 7.43. The molecule has 0 spiro atoms. The number of nitrogens with one attached hydrogen (secondary N) is 1. The van der Waals surface area contributed by atoms with Crippen molar-refractivity contribution >= 4 is 23.2 Å². The first-order valence-electron chi connectivity index (χ1n) is 5.11. The molecule has 0 fully saturated rings. The minimum atomic E-state index is -0.546. The maximum Gasteiger partial charge on any atom is 0.241 e. The van der Waals surface area contributed by atoms with E-state index in [-0.39, 0.29) is 17.0 Å². The van der Waals surface area contributed by atoms with Gasteiger partial charge < -0.3 is 11.1 Å². The molecule has 1 aromatic heterocycles. The van der Waals surface area contributed by atoms with Crippen LogP contribution in [0.2, 0.25) is 5.15 Å². The number of nitrogens with zero attached hydrogens (tertiary/aromatic N) is 1. The zero-order valence-corrected chi connectivity index (χ0v) is 10.4. The van der Waals surface area contributed by atoms with E-state index in [4.69, 9.17) is 17.3 Å². The number of halogens is 1. The highest BCUT2D eigenvalue weighted by Gasteiger charge is 2.19. The molecule has 16 heavy (non-hydrogen) atoms. The number of carbonyl (C=O) groups excluding carboxylic acids is 1.